The number of methoxy groups -OCH3 is 1. The molecular weight excluding hydrogens is 386 g/mol. The lowest BCUT2D eigenvalue weighted by atomic mass is 10.2. The number of amides is 2. The van der Waals surface area contributed by atoms with Gasteiger partial charge < -0.3 is 15.0 Å². The highest BCUT2D eigenvalue weighted by molar-refractivity contribution is 5.79. The topological polar surface area (TPSA) is 96.8 Å². The number of hydrogen-bond donors (Lipinski definition) is 1. The number of aromatic nitrogens is 2. The summed E-state index contributed by atoms with van der Waals surface area (Å²) in [5, 5.41) is 3.43. The van der Waals surface area contributed by atoms with E-state index in [0.29, 0.717) is 63.3 Å². The van der Waals surface area contributed by atoms with Crippen LogP contribution in [0.3, 0.4) is 0 Å². The summed E-state index contributed by atoms with van der Waals surface area (Å²) in [6.45, 7) is 4.37. The van der Waals surface area contributed by atoms with E-state index >= 15 is 0 Å². The molecule has 3 rings (SSSR count). The molecule has 1 aromatic heterocycles. The van der Waals surface area contributed by atoms with Gasteiger partial charge >= 0.3 is 0 Å². The molecule has 0 spiro atoms. The summed E-state index contributed by atoms with van der Waals surface area (Å²) in [5.74, 6) is 0.00721. The van der Waals surface area contributed by atoms with Crippen LogP contribution in [-0.4, -0.2) is 84.2 Å². The number of benzene rings is 1. The summed E-state index contributed by atoms with van der Waals surface area (Å²) in [4.78, 5) is 45.2. The monoisotopic (exact) mass is 415 g/mol. The summed E-state index contributed by atoms with van der Waals surface area (Å²) in [5.41, 5.74) is 0.527. The molecule has 2 heterocycles. The molecule has 1 aliphatic rings. The number of ether oxygens (including phenoxy) is 1. The van der Waals surface area contributed by atoms with Gasteiger partial charge in [0.1, 0.15) is 0 Å². The Morgan fingerprint density at radius 3 is 2.70 bits per heavy atom. The highest BCUT2D eigenvalue weighted by Gasteiger charge is 2.22. The van der Waals surface area contributed by atoms with Crippen molar-refractivity contribution in [2.24, 2.45) is 0 Å². The van der Waals surface area contributed by atoms with E-state index < -0.39 is 0 Å². The third-order valence-corrected chi connectivity index (χ3v) is 5.24. The number of para-hydroxylation sites is 1. The Labute approximate surface area is 175 Å². The predicted octanol–water partition coefficient (Wildman–Crippen LogP) is 0.0835. The van der Waals surface area contributed by atoms with Gasteiger partial charge in [0.2, 0.25) is 11.8 Å². The molecule has 0 atom stereocenters. The zero-order valence-electron chi connectivity index (χ0n) is 17.4. The molecule has 1 fully saturated rings. The van der Waals surface area contributed by atoms with Crippen molar-refractivity contribution in [3.05, 3.63) is 40.9 Å². The van der Waals surface area contributed by atoms with E-state index in [1.54, 1.807) is 30.2 Å². The van der Waals surface area contributed by atoms with Gasteiger partial charge in [0.15, 0.2) is 0 Å². The van der Waals surface area contributed by atoms with Crippen LogP contribution in [-0.2, 0) is 20.9 Å². The molecule has 1 saturated heterocycles. The van der Waals surface area contributed by atoms with Crippen molar-refractivity contribution < 1.29 is 14.3 Å². The van der Waals surface area contributed by atoms with Crippen LogP contribution in [0.2, 0.25) is 0 Å². The first-order chi connectivity index (χ1) is 14.6. The number of nitrogens with zero attached hydrogens (tertiary/aromatic N) is 4. The van der Waals surface area contributed by atoms with Crippen molar-refractivity contribution in [1.29, 1.82) is 0 Å². The molecule has 1 aliphatic heterocycles. The van der Waals surface area contributed by atoms with E-state index in [-0.39, 0.29) is 23.8 Å². The van der Waals surface area contributed by atoms with Crippen LogP contribution in [0.1, 0.15) is 12.8 Å². The average molecular weight is 415 g/mol. The Kier molecular flexibility index (Phi) is 7.92. The second kappa shape index (κ2) is 10.8. The van der Waals surface area contributed by atoms with Gasteiger partial charge in [-0.25, -0.2) is 4.98 Å². The highest BCUT2D eigenvalue weighted by Crippen LogP contribution is 2.07. The van der Waals surface area contributed by atoms with Gasteiger partial charge in [-0.1, -0.05) is 12.1 Å². The maximum atomic E-state index is 12.6. The average Bonchev–Trinajstić information content (AvgIpc) is 2.77. The lowest BCUT2D eigenvalue weighted by molar-refractivity contribution is -0.133. The van der Waals surface area contributed by atoms with Gasteiger partial charge in [-0.2, -0.15) is 0 Å². The first-order valence-electron chi connectivity index (χ1n) is 10.3. The fourth-order valence-corrected chi connectivity index (χ4v) is 3.50. The van der Waals surface area contributed by atoms with Crippen LogP contribution in [0, 0.1) is 0 Å². The molecule has 1 aromatic carbocycles. The standard InChI is InChI=1S/C21H29N5O4/c1-30-14-4-8-22-19(27)15-24-10-12-25(13-11-24)20(28)7-9-26-16-23-18-6-3-2-5-17(18)21(26)29/h2-3,5-6,16H,4,7-15H2,1H3,(H,22,27). The SMILES string of the molecule is COCCCNC(=O)CN1CCN(C(=O)CCn2cnc3ccccc3c2=O)CC1. The molecular formula is C21H29N5O4. The Balaban J connectivity index is 1.42. The van der Waals surface area contributed by atoms with Gasteiger partial charge in [0.25, 0.3) is 5.56 Å². The molecule has 9 heteroatoms. The van der Waals surface area contributed by atoms with Gasteiger partial charge in [-0.15, -0.1) is 0 Å². The van der Waals surface area contributed by atoms with E-state index in [4.69, 9.17) is 4.74 Å². The third-order valence-electron chi connectivity index (χ3n) is 5.24. The Hall–Kier alpha value is -2.78. The van der Waals surface area contributed by atoms with Crippen molar-refractivity contribution in [2.75, 3.05) is 53.0 Å². The normalized spacial score (nSPS) is 14.8. The predicted molar refractivity (Wildman–Crippen MR) is 113 cm³/mol. The molecule has 0 aliphatic carbocycles. The molecule has 0 saturated carbocycles. The van der Waals surface area contributed by atoms with E-state index in [1.165, 1.54) is 10.9 Å². The van der Waals surface area contributed by atoms with Crippen LogP contribution in [0.4, 0.5) is 0 Å². The number of hydrogen-bond acceptors (Lipinski definition) is 6. The number of carbonyl (C=O) groups excluding carboxylic acids is 2. The smallest absolute Gasteiger partial charge is 0.261 e. The minimum atomic E-state index is -0.130. The fraction of sp³-hybridized carbons (Fsp3) is 0.524. The molecule has 2 amide bonds. The maximum Gasteiger partial charge on any atom is 0.261 e. The Morgan fingerprint density at radius 1 is 1.17 bits per heavy atom. The minimum absolute atomic E-state index is 0.00550. The molecule has 30 heavy (non-hydrogen) atoms. The van der Waals surface area contributed by atoms with Crippen LogP contribution < -0.4 is 10.9 Å². The van der Waals surface area contributed by atoms with Crippen LogP contribution in [0.15, 0.2) is 35.4 Å². The molecule has 0 unspecified atom stereocenters. The molecule has 0 radical (unpaired) electrons. The number of rotatable bonds is 9. The molecule has 0 bridgehead atoms. The Morgan fingerprint density at radius 2 is 1.93 bits per heavy atom. The van der Waals surface area contributed by atoms with Crippen molar-refractivity contribution in [1.82, 2.24) is 24.7 Å². The van der Waals surface area contributed by atoms with E-state index in [1.807, 2.05) is 11.0 Å². The first kappa shape index (κ1) is 21.9. The minimum Gasteiger partial charge on any atom is -0.385 e. The molecule has 9 nitrogen and oxygen atoms in total. The van der Waals surface area contributed by atoms with Crippen LogP contribution in [0.5, 0.6) is 0 Å². The Bertz CT molecular complexity index is 921. The van der Waals surface area contributed by atoms with E-state index in [9.17, 15) is 14.4 Å². The number of piperazine rings is 1. The maximum absolute atomic E-state index is 12.6. The van der Waals surface area contributed by atoms with E-state index in [0.717, 1.165) is 6.42 Å². The van der Waals surface area contributed by atoms with E-state index in [2.05, 4.69) is 10.3 Å². The van der Waals surface area contributed by atoms with Gasteiger partial charge in [0, 0.05) is 59.4 Å². The number of fused-ring (bicyclic) bond motifs is 1. The molecule has 162 valence electrons. The second-order valence-corrected chi connectivity index (χ2v) is 7.36. The van der Waals surface area contributed by atoms with Crippen LogP contribution in [0.25, 0.3) is 10.9 Å². The summed E-state index contributed by atoms with van der Waals surface area (Å²) in [6, 6.07) is 7.19. The summed E-state index contributed by atoms with van der Waals surface area (Å²) in [6.07, 6.45) is 2.54. The van der Waals surface area contributed by atoms with Gasteiger partial charge in [0.05, 0.1) is 23.8 Å². The zero-order valence-corrected chi connectivity index (χ0v) is 17.4. The number of nitrogens with one attached hydrogen (secondary N) is 1. The summed E-state index contributed by atoms with van der Waals surface area (Å²) >= 11 is 0. The second-order valence-electron chi connectivity index (χ2n) is 7.36. The third kappa shape index (κ3) is 5.87. The quantitative estimate of drug-likeness (QED) is 0.583. The van der Waals surface area contributed by atoms with Crippen LogP contribution >= 0.6 is 0 Å². The van der Waals surface area contributed by atoms with Gasteiger partial charge in [-0.05, 0) is 18.6 Å². The van der Waals surface area contributed by atoms with Crippen molar-refractivity contribution in [3.8, 4) is 0 Å². The largest absolute Gasteiger partial charge is 0.385 e. The molecule has 2 aromatic rings. The number of carbonyl (C=O) groups is 2. The van der Waals surface area contributed by atoms with Crippen molar-refractivity contribution >= 4 is 22.7 Å². The van der Waals surface area contributed by atoms with Crippen molar-refractivity contribution in [3.63, 3.8) is 0 Å². The highest BCUT2D eigenvalue weighted by atomic mass is 16.5. The van der Waals surface area contributed by atoms with Gasteiger partial charge in [-0.3, -0.25) is 23.9 Å². The lowest BCUT2D eigenvalue weighted by Gasteiger charge is -2.34. The summed E-state index contributed by atoms with van der Waals surface area (Å²) < 4.78 is 6.45. The number of aryl methyl sites for hydroxylation is 1. The first-order valence-corrected chi connectivity index (χ1v) is 10.3. The zero-order chi connectivity index (χ0) is 21.3. The summed E-state index contributed by atoms with van der Waals surface area (Å²) in [7, 11) is 1.64. The van der Waals surface area contributed by atoms with Crippen molar-refractivity contribution in [2.45, 2.75) is 19.4 Å². The lowest BCUT2D eigenvalue weighted by Crippen LogP contribution is -2.51. The molecule has 1 N–H and O–H groups in total. The fourth-order valence-electron chi connectivity index (χ4n) is 3.50.